The van der Waals surface area contributed by atoms with Crippen LogP contribution in [0.5, 0.6) is 0 Å². The molecule has 5 nitrogen and oxygen atoms in total. The van der Waals surface area contributed by atoms with E-state index in [4.69, 9.17) is 0 Å². The molecule has 1 aromatic carbocycles. The number of aliphatic imine (C=N–C) groups is 1. The highest BCUT2D eigenvalue weighted by Crippen LogP contribution is 2.20. The number of halogens is 1. The molecule has 1 aliphatic heterocycles. The second-order valence-electron chi connectivity index (χ2n) is 6.59. The Labute approximate surface area is 173 Å². The quantitative estimate of drug-likeness (QED) is 0.405. The molecule has 2 atom stereocenters. The molecule has 0 spiro atoms. The molecule has 1 fully saturated rings. The first kappa shape index (κ1) is 20.6. The first-order chi connectivity index (χ1) is 12.2. The number of nitrogens with zero attached hydrogens (tertiary/aromatic N) is 3. The fourth-order valence-corrected chi connectivity index (χ4v) is 3.31. The van der Waals surface area contributed by atoms with Gasteiger partial charge in [-0.05, 0) is 31.0 Å². The van der Waals surface area contributed by atoms with Crippen LogP contribution in [0.25, 0.3) is 0 Å². The van der Waals surface area contributed by atoms with Crippen LogP contribution in [-0.4, -0.2) is 41.5 Å². The summed E-state index contributed by atoms with van der Waals surface area (Å²) in [5.41, 5.74) is 2.38. The van der Waals surface area contributed by atoms with Gasteiger partial charge in [0.15, 0.2) is 5.96 Å². The second kappa shape index (κ2) is 10.5. The summed E-state index contributed by atoms with van der Waals surface area (Å²) in [7, 11) is 1.81. The van der Waals surface area contributed by atoms with Crippen molar-refractivity contribution >= 4 is 29.9 Å². The number of likely N-dealkylation sites (tertiary alicyclic amines) is 1. The smallest absolute Gasteiger partial charge is 0.191 e. The van der Waals surface area contributed by atoms with Crippen LogP contribution in [0.1, 0.15) is 24.6 Å². The van der Waals surface area contributed by atoms with Gasteiger partial charge in [-0.3, -0.25) is 14.9 Å². The number of nitrogens with one attached hydrogen (secondary N) is 2. The van der Waals surface area contributed by atoms with E-state index < -0.39 is 0 Å². The molecule has 1 saturated heterocycles. The van der Waals surface area contributed by atoms with E-state index in [-0.39, 0.29) is 24.0 Å². The maximum absolute atomic E-state index is 4.35. The molecule has 26 heavy (non-hydrogen) atoms. The first-order valence-corrected chi connectivity index (χ1v) is 8.89. The molecule has 2 aromatic rings. The standard InChI is InChI=1S/C20H27N5.HI/c1-16-12-19(15-25(16)14-17-8-4-3-5-9-17)24-20(21-2)23-13-18-10-6-7-11-22-18;/h3-11,16,19H,12-15H2,1-2H3,(H2,21,23,24);1H. The highest BCUT2D eigenvalue weighted by Gasteiger charge is 2.29. The van der Waals surface area contributed by atoms with E-state index in [1.807, 2.05) is 31.4 Å². The first-order valence-electron chi connectivity index (χ1n) is 8.89. The van der Waals surface area contributed by atoms with Gasteiger partial charge in [0.25, 0.3) is 0 Å². The number of pyridine rings is 1. The Kier molecular flexibility index (Phi) is 8.31. The van der Waals surface area contributed by atoms with E-state index >= 15 is 0 Å². The van der Waals surface area contributed by atoms with Crippen LogP contribution in [0.15, 0.2) is 59.7 Å². The number of guanidine groups is 1. The van der Waals surface area contributed by atoms with Crippen molar-refractivity contribution < 1.29 is 0 Å². The zero-order valence-corrected chi connectivity index (χ0v) is 17.8. The van der Waals surface area contributed by atoms with Crippen LogP contribution in [0.2, 0.25) is 0 Å². The van der Waals surface area contributed by atoms with Crippen molar-refractivity contribution in [1.82, 2.24) is 20.5 Å². The van der Waals surface area contributed by atoms with Gasteiger partial charge in [-0.15, -0.1) is 24.0 Å². The summed E-state index contributed by atoms with van der Waals surface area (Å²) < 4.78 is 0. The Morgan fingerprint density at radius 3 is 2.65 bits per heavy atom. The number of aromatic nitrogens is 1. The van der Waals surface area contributed by atoms with Crippen molar-refractivity contribution in [1.29, 1.82) is 0 Å². The maximum Gasteiger partial charge on any atom is 0.191 e. The second-order valence-corrected chi connectivity index (χ2v) is 6.59. The molecule has 6 heteroatoms. The normalized spacial score (nSPS) is 20.5. The number of hydrogen-bond acceptors (Lipinski definition) is 3. The molecule has 2 heterocycles. The molecule has 3 rings (SSSR count). The monoisotopic (exact) mass is 465 g/mol. The third-order valence-electron chi connectivity index (χ3n) is 4.66. The molecule has 0 radical (unpaired) electrons. The largest absolute Gasteiger partial charge is 0.352 e. The van der Waals surface area contributed by atoms with E-state index in [9.17, 15) is 0 Å². The third kappa shape index (κ3) is 5.95. The minimum Gasteiger partial charge on any atom is -0.352 e. The zero-order chi connectivity index (χ0) is 17.5. The van der Waals surface area contributed by atoms with Crippen molar-refractivity contribution in [3.8, 4) is 0 Å². The van der Waals surface area contributed by atoms with E-state index in [2.05, 4.69) is 62.8 Å². The van der Waals surface area contributed by atoms with Gasteiger partial charge in [0, 0.05) is 38.4 Å². The topological polar surface area (TPSA) is 52.6 Å². The highest BCUT2D eigenvalue weighted by molar-refractivity contribution is 14.0. The lowest BCUT2D eigenvalue weighted by molar-refractivity contribution is 0.258. The van der Waals surface area contributed by atoms with Gasteiger partial charge >= 0.3 is 0 Å². The van der Waals surface area contributed by atoms with Crippen LogP contribution in [0.3, 0.4) is 0 Å². The maximum atomic E-state index is 4.35. The molecule has 1 aliphatic rings. The van der Waals surface area contributed by atoms with Crippen LogP contribution in [0, 0.1) is 0 Å². The number of hydrogen-bond donors (Lipinski definition) is 2. The molecular formula is C20H28IN5. The average Bonchev–Trinajstić information content (AvgIpc) is 2.99. The van der Waals surface area contributed by atoms with E-state index in [0.717, 1.165) is 31.2 Å². The van der Waals surface area contributed by atoms with E-state index in [1.165, 1.54) is 5.56 Å². The lowest BCUT2D eigenvalue weighted by atomic mass is 10.2. The molecular weight excluding hydrogens is 437 g/mol. The summed E-state index contributed by atoms with van der Waals surface area (Å²) in [6, 6.07) is 17.6. The Hall–Kier alpha value is -1.67. The SMILES string of the molecule is CN=C(NCc1ccccn1)NC1CC(C)N(Cc2ccccc2)C1.I. The fourth-order valence-electron chi connectivity index (χ4n) is 3.31. The van der Waals surface area contributed by atoms with E-state index in [1.54, 1.807) is 0 Å². The predicted molar refractivity (Wildman–Crippen MR) is 118 cm³/mol. The molecule has 0 bridgehead atoms. The molecule has 0 aliphatic carbocycles. The fraction of sp³-hybridized carbons (Fsp3) is 0.400. The van der Waals surface area contributed by atoms with E-state index in [0.29, 0.717) is 18.6 Å². The highest BCUT2D eigenvalue weighted by atomic mass is 127. The summed E-state index contributed by atoms with van der Waals surface area (Å²) in [5.74, 6) is 0.837. The van der Waals surface area contributed by atoms with Crippen molar-refractivity contribution in [3.05, 3.63) is 66.0 Å². The Bertz CT molecular complexity index is 677. The van der Waals surface area contributed by atoms with Crippen molar-refractivity contribution in [2.45, 2.75) is 38.5 Å². The number of rotatable bonds is 5. The summed E-state index contributed by atoms with van der Waals surface area (Å²) in [5, 5.41) is 6.90. The van der Waals surface area contributed by atoms with Crippen molar-refractivity contribution in [3.63, 3.8) is 0 Å². The van der Waals surface area contributed by atoms with Crippen LogP contribution < -0.4 is 10.6 Å². The minimum absolute atomic E-state index is 0. The number of benzene rings is 1. The molecule has 2 unspecified atom stereocenters. The molecule has 0 amide bonds. The molecule has 2 N–H and O–H groups in total. The van der Waals surface area contributed by atoms with Crippen molar-refractivity contribution in [2.24, 2.45) is 4.99 Å². The minimum atomic E-state index is 0. The zero-order valence-electron chi connectivity index (χ0n) is 15.4. The lowest BCUT2D eigenvalue weighted by Gasteiger charge is -2.21. The van der Waals surface area contributed by atoms with Gasteiger partial charge in [0.1, 0.15) is 0 Å². The molecule has 0 saturated carbocycles. The van der Waals surface area contributed by atoms with Gasteiger partial charge in [0.05, 0.1) is 12.2 Å². The lowest BCUT2D eigenvalue weighted by Crippen LogP contribution is -2.44. The van der Waals surface area contributed by atoms with Crippen LogP contribution >= 0.6 is 24.0 Å². The van der Waals surface area contributed by atoms with Crippen LogP contribution in [0.4, 0.5) is 0 Å². The van der Waals surface area contributed by atoms with Crippen molar-refractivity contribution in [2.75, 3.05) is 13.6 Å². The molecule has 1 aromatic heterocycles. The third-order valence-corrected chi connectivity index (χ3v) is 4.66. The predicted octanol–water partition coefficient (Wildman–Crippen LogP) is 3.03. The van der Waals surface area contributed by atoms with Gasteiger partial charge in [-0.1, -0.05) is 36.4 Å². The van der Waals surface area contributed by atoms with Gasteiger partial charge in [0.2, 0.25) is 0 Å². The average molecular weight is 465 g/mol. The Morgan fingerprint density at radius 2 is 1.96 bits per heavy atom. The van der Waals surface area contributed by atoms with Gasteiger partial charge < -0.3 is 10.6 Å². The summed E-state index contributed by atoms with van der Waals surface area (Å²) in [6.45, 7) is 5.01. The Morgan fingerprint density at radius 1 is 1.19 bits per heavy atom. The summed E-state index contributed by atoms with van der Waals surface area (Å²) in [4.78, 5) is 11.2. The van der Waals surface area contributed by atoms with Crippen LogP contribution in [-0.2, 0) is 13.1 Å². The summed E-state index contributed by atoms with van der Waals surface area (Å²) in [6.07, 6.45) is 2.93. The summed E-state index contributed by atoms with van der Waals surface area (Å²) >= 11 is 0. The Balaban J connectivity index is 0.00000243. The van der Waals surface area contributed by atoms with Gasteiger partial charge in [-0.25, -0.2) is 0 Å². The van der Waals surface area contributed by atoms with Gasteiger partial charge in [-0.2, -0.15) is 0 Å². The molecule has 140 valence electrons.